The first kappa shape index (κ1) is 17.0. The van der Waals surface area contributed by atoms with Crippen LogP contribution in [-0.4, -0.2) is 35.8 Å². The predicted octanol–water partition coefficient (Wildman–Crippen LogP) is 2.77. The zero-order valence-electron chi connectivity index (χ0n) is 14.2. The van der Waals surface area contributed by atoms with Crippen molar-refractivity contribution in [3.63, 3.8) is 0 Å². The fraction of sp³-hybridized carbons (Fsp3) is 0.579. The maximum atomic E-state index is 12.6. The van der Waals surface area contributed by atoms with E-state index in [9.17, 15) is 9.59 Å². The van der Waals surface area contributed by atoms with Crippen LogP contribution in [0.1, 0.15) is 55.3 Å². The Morgan fingerprint density at radius 1 is 1.12 bits per heavy atom. The van der Waals surface area contributed by atoms with Crippen molar-refractivity contribution in [3.8, 4) is 0 Å². The molecule has 1 aliphatic heterocycles. The van der Waals surface area contributed by atoms with E-state index in [2.05, 4.69) is 5.32 Å². The number of rotatable bonds is 4. The molecule has 3 N–H and O–H groups in total. The van der Waals surface area contributed by atoms with E-state index in [0.29, 0.717) is 17.7 Å². The molecule has 2 aliphatic rings. The molecule has 1 saturated heterocycles. The van der Waals surface area contributed by atoms with Crippen LogP contribution in [0.3, 0.4) is 0 Å². The highest BCUT2D eigenvalue weighted by Crippen LogP contribution is 2.27. The molecule has 0 radical (unpaired) electrons. The molecule has 5 heteroatoms. The molecular weight excluding hydrogens is 302 g/mol. The van der Waals surface area contributed by atoms with Crippen molar-refractivity contribution >= 4 is 17.5 Å². The number of anilines is 1. The van der Waals surface area contributed by atoms with Gasteiger partial charge in [0, 0.05) is 36.8 Å². The molecule has 0 spiro atoms. The Morgan fingerprint density at radius 2 is 1.92 bits per heavy atom. The number of carbonyl (C=O) groups is 2. The molecule has 2 amide bonds. The van der Waals surface area contributed by atoms with Gasteiger partial charge in [0.15, 0.2) is 0 Å². The van der Waals surface area contributed by atoms with Crippen molar-refractivity contribution in [2.75, 3.05) is 18.4 Å². The van der Waals surface area contributed by atoms with Crippen LogP contribution in [0.15, 0.2) is 24.3 Å². The van der Waals surface area contributed by atoms with Gasteiger partial charge in [-0.2, -0.15) is 0 Å². The van der Waals surface area contributed by atoms with Crippen LogP contribution in [0, 0.1) is 5.92 Å². The zero-order valence-corrected chi connectivity index (χ0v) is 14.2. The minimum absolute atomic E-state index is 0.0140. The third-order valence-electron chi connectivity index (χ3n) is 5.20. The van der Waals surface area contributed by atoms with Crippen molar-refractivity contribution in [1.29, 1.82) is 0 Å². The molecule has 1 aliphatic carbocycles. The summed E-state index contributed by atoms with van der Waals surface area (Å²) in [6.45, 7) is 1.66. The molecule has 2 fully saturated rings. The van der Waals surface area contributed by atoms with Gasteiger partial charge in [0.25, 0.3) is 5.91 Å². The van der Waals surface area contributed by atoms with Gasteiger partial charge in [-0.15, -0.1) is 0 Å². The molecule has 0 unspecified atom stereocenters. The number of benzene rings is 1. The van der Waals surface area contributed by atoms with Gasteiger partial charge in [-0.05, 0) is 56.2 Å². The van der Waals surface area contributed by atoms with Crippen molar-refractivity contribution in [2.45, 2.75) is 51.0 Å². The highest BCUT2D eigenvalue weighted by atomic mass is 16.2. The zero-order chi connectivity index (χ0) is 16.9. The quantitative estimate of drug-likeness (QED) is 0.892. The van der Waals surface area contributed by atoms with Crippen LogP contribution in [0.25, 0.3) is 0 Å². The highest BCUT2D eigenvalue weighted by molar-refractivity contribution is 5.97. The normalized spacial score (nSPS) is 24.0. The summed E-state index contributed by atoms with van der Waals surface area (Å²) in [7, 11) is 0. The van der Waals surface area contributed by atoms with Gasteiger partial charge in [-0.25, -0.2) is 0 Å². The number of nitrogens with one attached hydrogen (secondary N) is 1. The summed E-state index contributed by atoms with van der Waals surface area (Å²) in [6, 6.07) is 7.40. The van der Waals surface area contributed by atoms with Crippen LogP contribution in [0.2, 0.25) is 0 Å². The van der Waals surface area contributed by atoms with Crippen molar-refractivity contribution in [3.05, 3.63) is 29.8 Å². The summed E-state index contributed by atoms with van der Waals surface area (Å²) >= 11 is 0. The molecule has 5 nitrogen and oxygen atoms in total. The number of amides is 2. The number of likely N-dealkylation sites (tertiary alicyclic amines) is 1. The van der Waals surface area contributed by atoms with Crippen LogP contribution < -0.4 is 11.1 Å². The summed E-state index contributed by atoms with van der Waals surface area (Å²) < 4.78 is 0. The first-order valence-corrected chi connectivity index (χ1v) is 9.08. The van der Waals surface area contributed by atoms with Gasteiger partial charge in [-0.1, -0.05) is 12.5 Å². The molecular formula is C19H27N3O2. The van der Waals surface area contributed by atoms with Crippen LogP contribution >= 0.6 is 0 Å². The summed E-state index contributed by atoms with van der Waals surface area (Å²) in [5, 5.41) is 2.92. The summed E-state index contributed by atoms with van der Waals surface area (Å²) in [5.41, 5.74) is 7.37. The molecule has 2 atom stereocenters. The van der Waals surface area contributed by atoms with E-state index < -0.39 is 0 Å². The topological polar surface area (TPSA) is 75.4 Å². The standard InChI is InChI=1S/C19H27N3O2/c20-17-9-5-6-14(17)13-18(23)21-16-8-4-7-15(12-16)19(24)22-10-2-1-3-11-22/h4,7-8,12,14,17H,1-3,5-6,9-11,13,20H2,(H,21,23)/t14-,17+/m0/s1. The third kappa shape index (κ3) is 4.15. The van der Waals surface area contributed by atoms with Gasteiger partial charge >= 0.3 is 0 Å². The van der Waals surface area contributed by atoms with E-state index in [0.717, 1.165) is 45.2 Å². The van der Waals surface area contributed by atoms with Crippen molar-refractivity contribution in [1.82, 2.24) is 4.90 Å². The maximum absolute atomic E-state index is 12.6. The largest absolute Gasteiger partial charge is 0.339 e. The first-order valence-electron chi connectivity index (χ1n) is 9.08. The number of hydrogen-bond acceptors (Lipinski definition) is 3. The van der Waals surface area contributed by atoms with Crippen LogP contribution in [0.4, 0.5) is 5.69 Å². The number of nitrogens with zero attached hydrogens (tertiary/aromatic N) is 1. The Morgan fingerprint density at radius 3 is 2.62 bits per heavy atom. The second-order valence-electron chi connectivity index (χ2n) is 7.04. The molecule has 0 aromatic heterocycles. The lowest BCUT2D eigenvalue weighted by Crippen LogP contribution is -2.35. The lowest BCUT2D eigenvalue weighted by Gasteiger charge is -2.26. The summed E-state index contributed by atoms with van der Waals surface area (Å²) in [4.78, 5) is 26.7. The molecule has 1 aromatic rings. The fourth-order valence-corrected chi connectivity index (χ4v) is 3.78. The number of hydrogen-bond donors (Lipinski definition) is 2. The minimum atomic E-state index is -0.0140. The molecule has 1 saturated carbocycles. The van der Waals surface area contributed by atoms with Crippen LogP contribution in [0.5, 0.6) is 0 Å². The van der Waals surface area contributed by atoms with E-state index in [1.807, 2.05) is 23.1 Å². The lowest BCUT2D eigenvalue weighted by molar-refractivity contribution is -0.117. The fourth-order valence-electron chi connectivity index (χ4n) is 3.78. The van der Waals surface area contributed by atoms with Gasteiger partial charge in [0.2, 0.25) is 5.91 Å². The molecule has 1 heterocycles. The summed E-state index contributed by atoms with van der Waals surface area (Å²) in [6.07, 6.45) is 6.96. The lowest BCUT2D eigenvalue weighted by atomic mass is 10.00. The van der Waals surface area contributed by atoms with E-state index in [-0.39, 0.29) is 23.8 Å². The molecule has 130 valence electrons. The van der Waals surface area contributed by atoms with Crippen molar-refractivity contribution in [2.24, 2.45) is 11.7 Å². The minimum Gasteiger partial charge on any atom is -0.339 e. The van der Waals surface area contributed by atoms with Gasteiger partial charge in [0.05, 0.1) is 0 Å². The Hall–Kier alpha value is -1.88. The second-order valence-corrected chi connectivity index (χ2v) is 7.04. The second kappa shape index (κ2) is 7.79. The number of nitrogens with two attached hydrogens (primary N) is 1. The van der Waals surface area contributed by atoms with E-state index in [1.54, 1.807) is 6.07 Å². The number of piperidine rings is 1. The monoisotopic (exact) mass is 329 g/mol. The SMILES string of the molecule is N[C@@H]1CCC[C@H]1CC(=O)Nc1cccc(C(=O)N2CCCCC2)c1. The Balaban J connectivity index is 1.60. The Labute approximate surface area is 143 Å². The number of carbonyl (C=O) groups excluding carboxylic acids is 2. The van der Waals surface area contributed by atoms with Gasteiger partial charge in [0.1, 0.15) is 0 Å². The van der Waals surface area contributed by atoms with Gasteiger partial charge < -0.3 is 16.0 Å². The average molecular weight is 329 g/mol. The third-order valence-corrected chi connectivity index (χ3v) is 5.20. The van der Waals surface area contributed by atoms with Gasteiger partial charge in [-0.3, -0.25) is 9.59 Å². The Bertz CT molecular complexity index is 596. The average Bonchev–Trinajstić information content (AvgIpc) is 3.00. The molecule has 3 rings (SSSR count). The van der Waals surface area contributed by atoms with Crippen molar-refractivity contribution < 1.29 is 9.59 Å². The molecule has 24 heavy (non-hydrogen) atoms. The molecule has 1 aromatic carbocycles. The van der Waals surface area contributed by atoms with E-state index in [1.165, 1.54) is 6.42 Å². The highest BCUT2D eigenvalue weighted by Gasteiger charge is 2.26. The predicted molar refractivity (Wildman–Crippen MR) is 94.8 cm³/mol. The first-order chi connectivity index (χ1) is 11.6. The molecule has 0 bridgehead atoms. The van der Waals surface area contributed by atoms with E-state index >= 15 is 0 Å². The summed E-state index contributed by atoms with van der Waals surface area (Å²) in [5.74, 6) is 0.326. The van der Waals surface area contributed by atoms with Crippen LogP contribution in [-0.2, 0) is 4.79 Å². The maximum Gasteiger partial charge on any atom is 0.253 e. The van der Waals surface area contributed by atoms with E-state index in [4.69, 9.17) is 5.73 Å². The Kier molecular flexibility index (Phi) is 5.51. The smallest absolute Gasteiger partial charge is 0.253 e.